The number of nitrogens with zero attached hydrogens (tertiary/aromatic N) is 5. The van der Waals surface area contributed by atoms with E-state index in [1.165, 1.54) is 22.7 Å². The fraction of sp³-hybridized carbons (Fsp3) is 0.429. The molecule has 4 aromatic rings. The van der Waals surface area contributed by atoms with E-state index in [4.69, 9.17) is 5.21 Å². The fourth-order valence-electron chi connectivity index (χ4n) is 7.82. The summed E-state index contributed by atoms with van der Waals surface area (Å²) in [5, 5.41) is 28.1. The smallest absolute Gasteiger partial charge is 0.321 e. The molecular weight excluding hydrogens is 717 g/mol. The Morgan fingerprint density at radius 2 is 1.76 bits per heavy atom. The Morgan fingerprint density at radius 1 is 1.02 bits per heavy atom. The summed E-state index contributed by atoms with van der Waals surface area (Å²) in [5.41, 5.74) is 3.20. The summed E-state index contributed by atoms with van der Waals surface area (Å²) in [6.45, 7) is 5.15. The van der Waals surface area contributed by atoms with Crippen LogP contribution in [0.3, 0.4) is 0 Å². The normalized spacial score (nSPS) is 17.6. The average Bonchev–Trinajstić information content (AvgIpc) is 3.84. The first-order valence-corrected chi connectivity index (χ1v) is 20.7. The Bertz CT molecular complexity index is 2040. The minimum atomic E-state index is -4.06. The summed E-state index contributed by atoms with van der Waals surface area (Å²) in [6, 6.07) is 23.5. The van der Waals surface area contributed by atoms with E-state index in [1.54, 1.807) is 28.1 Å². The van der Waals surface area contributed by atoms with Crippen molar-refractivity contribution in [3.63, 3.8) is 0 Å². The second-order valence-electron chi connectivity index (χ2n) is 14.9. The number of carbonyl (C=O) groups excluding carboxylic acids is 2. The average molecular weight is 769 g/mol. The van der Waals surface area contributed by atoms with Gasteiger partial charge in [0.05, 0.1) is 28.8 Å². The predicted octanol–water partition coefficient (Wildman–Crippen LogP) is 5.66. The molecule has 1 aromatic heterocycles. The number of aliphatic hydroxyl groups is 1. The van der Waals surface area contributed by atoms with Gasteiger partial charge in [0, 0.05) is 44.3 Å². The first kappa shape index (κ1) is 39.8. The Hall–Kier alpha value is -4.85. The first-order valence-electron chi connectivity index (χ1n) is 19.3. The monoisotopic (exact) mass is 768 g/mol. The number of nitrogens with one attached hydrogen (secondary N) is 1. The maximum atomic E-state index is 14.5. The maximum Gasteiger partial charge on any atom is 0.321 e. The van der Waals surface area contributed by atoms with E-state index in [0.717, 1.165) is 47.7 Å². The van der Waals surface area contributed by atoms with Gasteiger partial charge in [-0.3, -0.25) is 9.78 Å². The minimum Gasteiger partial charge on any atom is -0.411 e. The third-order valence-corrected chi connectivity index (χ3v) is 12.9. The molecule has 1 aliphatic carbocycles. The topological polar surface area (TPSA) is 156 Å². The van der Waals surface area contributed by atoms with E-state index in [0.29, 0.717) is 31.6 Å². The zero-order valence-corrected chi connectivity index (χ0v) is 32.4. The summed E-state index contributed by atoms with van der Waals surface area (Å²) in [5.74, 6) is -0.429. The van der Waals surface area contributed by atoms with Gasteiger partial charge in [-0.1, -0.05) is 98.9 Å². The van der Waals surface area contributed by atoms with Gasteiger partial charge in [-0.05, 0) is 72.1 Å². The van der Waals surface area contributed by atoms with E-state index in [1.807, 2.05) is 74.5 Å². The van der Waals surface area contributed by atoms with Crippen LogP contribution in [-0.4, -0.2) is 100 Å². The Labute approximate surface area is 323 Å². The molecule has 1 aliphatic heterocycles. The highest BCUT2D eigenvalue weighted by Crippen LogP contribution is 2.29. The summed E-state index contributed by atoms with van der Waals surface area (Å²) in [6.07, 6.45) is 6.41. The number of aromatic nitrogens is 1. The molecular formula is C42H52N6O6S. The molecule has 13 heteroatoms. The summed E-state index contributed by atoms with van der Waals surface area (Å²) < 4.78 is 29.7. The molecule has 2 aliphatic rings. The van der Waals surface area contributed by atoms with Crippen LogP contribution in [-0.2, 0) is 27.8 Å². The van der Waals surface area contributed by atoms with E-state index in [-0.39, 0.29) is 48.2 Å². The van der Waals surface area contributed by atoms with Crippen LogP contribution >= 0.6 is 0 Å². The molecule has 3 aromatic carbocycles. The lowest BCUT2D eigenvalue weighted by Gasteiger charge is -2.35. The van der Waals surface area contributed by atoms with Crippen molar-refractivity contribution in [2.75, 3.05) is 26.2 Å². The van der Waals surface area contributed by atoms with Crippen molar-refractivity contribution in [1.29, 1.82) is 0 Å². The SMILES string of the molecule is CC[C@H](C)[C@@H](C(=O)N[C@@H](Cc1ccccc1)[C@H](O)CN(CC1CCCC1)S(=O)(=O)c1ccc(C=NO)cc1)N1CCN(Cc2ccc3cccnc3c2)C1=O. The number of urea groups is 1. The molecule has 0 spiro atoms. The zero-order valence-electron chi connectivity index (χ0n) is 31.6. The lowest BCUT2D eigenvalue weighted by Crippen LogP contribution is -2.57. The lowest BCUT2D eigenvalue weighted by atomic mass is 9.95. The van der Waals surface area contributed by atoms with Crippen LogP contribution in [0.4, 0.5) is 4.79 Å². The van der Waals surface area contributed by atoms with E-state index >= 15 is 0 Å². The van der Waals surface area contributed by atoms with E-state index in [9.17, 15) is 23.1 Å². The summed E-state index contributed by atoms with van der Waals surface area (Å²) in [4.78, 5) is 36.3. The van der Waals surface area contributed by atoms with Gasteiger partial charge in [-0.25, -0.2) is 13.2 Å². The molecule has 3 amide bonds. The van der Waals surface area contributed by atoms with Gasteiger partial charge in [-0.2, -0.15) is 4.31 Å². The standard InChI is InChI=1S/C42H52N6O6S/c1-3-30(2)40(48-23-22-46(42(48)51)27-34-15-18-35-14-9-21-43-37(35)25-34)41(50)45-38(24-31-10-5-4-6-11-31)39(49)29-47(28-33-12-7-8-13-33)55(53,54)36-19-16-32(17-20-36)26-44-52/h4-6,9-11,14-21,25-26,30,33,38-40,49,52H,3,7-8,12-13,22-24,27-29H2,1-2H3,(H,45,50)/t30-,38-,39+,40-/m0/s1. The van der Waals surface area contributed by atoms with Gasteiger partial charge >= 0.3 is 6.03 Å². The van der Waals surface area contributed by atoms with Crippen molar-refractivity contribution >= 4 is 39.1 Å². The van der Waals surface area contributed by atoms with Crippen LogP contribution in [0, 0.1) is 11.8 Å². The van der Waals surface area contributed by atoms with Crippen LogP contribution in [0.5, 0.6) is 0 Å². The Kier molecular flexibility index (Phi) is 13.2. The molecule has 1 saturated carbocycles. The number of carbonyl (C=O) groups is 2. The van der Waals surface area contributed by atoms with Crippen molar-refractivity contribution < 1.29 is 28.3 Å². The summed E-state index contributed by atoms with van der Waals surface area (Å²) in [7, 11) is -4.06. The number of pyridine rings is 1. The molecule has 0 bridgehead atoms. The number of benzene rings is 3. The number of hydrogen-bond acceptors (Lipinski definition) is 8. The molecule has 3 N–H and O–H groups in total. The lowest BCUT2D eigenvalue weighted by molar-refractivity contribution is -0.128. The third kappa shape index (κ3) is 9.70. The Morgan fingerprint density at radius 3 is 2.47 bits per heavy atom. The van der Waals surface area contributed by atoms with Crippen molar-refractivity contribution in [2.24, 2.45) is 17.0 Å². The second kappa shape index (κ2) is 18.2. The van der Waals surface area contributed by atoms with Crippen molar-refractivity contribution in [2.45, 2.75) is 82.0 Å². The molecule has 6 rings (SSSR count). The van der Waals surface area contributed by atoms with Crippen molar-refractivity contribution in [3.8, 4) is 0 Å². The predicted molar refractivity (Wildman–Crippen MR) is 212 cm³/mol. The van der Waals surface area contributed by atoms with Gasteiger partial charge in [0.2, 0.25) is 15.9 Å². The number of aliphatic hydroxyl groups excluding tert-OH is 1. The molecule has 4 atom stereocenters. The molecule has 1 saturated heterocycles. The number of amides is 3. The quantitative estimate of drug-likeness (QED) is 0.0711. The highest BCUT2D eigenvalue weighted by molar-refractivity contribution is 7.89. The molecule has 12 nitrogen and oxygen atoms in total. The number of hydrogen-bond donors (Lipinski definition) is 3. The summed E-state index contributed by atoms with van der Waals surface area (Å²) >= 11 is 0. The van der Waals surface area contributed by atoms with Gasteiger partial charge in [-0.15, -0.1) is 0 Å². The molecule has 2 heterocycles. The van der Waals surface area contributed by atoms with E-state index < -0.39 is 28.2 Å². The first-order chi connectivity index (χ1) is 26.6. The number of fused-ring (bicyclic) bond motifs is 1. The van der Waals surface area contributed by atoms with Crippen LogP contribution < -0.4 is 5.32 Å². The van der Waals surface area contributed by atoms with Crippen LogP contribution in [0.25, 0.3) is 10.9 Å². The molecule has 2 fully saturated rings. The highest BCUT2D eigenvalue weighted by Gasteiger charge is 2.41. The Balaban J connectivity index is 1.23. The van der Waals surface area contributed by atoms with Crippen molar-refractivity contribution in [3.05, 3.63) is 108 Å². The van der Waals surface area contributed by atoms with Gasteiger partial charge in [0.25, 0.3) is 0 Å². The van der Waals surface area contributed by atoms with Crippen LogP contribution in [0.2, 0.25) is 0 Å². The second-order valence-corrected chi connectivity index (χ2v) is 16.9. The largest absolute Gasteiger partial charge is 0.411 e. The molecule has 0 unspecified atom stereocenters. The zero-order chi connectivity index (χ0) is 39.0. The molecule has 0 radical (unpaired) electrons. The fourth-order valence-corrected chi connectivity index (χ4v) is 9.35. The van der Waals surface area contributed by atoms with E-state index in [2.05, 4.69) is 15.5 Å². The molecule has 292 valence electrons. The highest BCUT2D eigenvalue weighted by atomic mass is 32.2. The molecule has 55 heavy (non-hydrogen) atoms. The third-order valence-electron chi connectivity index (χ3n) is 11.1. The minimum absolute atomic E-state index is 0.0605. The van der Waals surface area contributed by atoms with Crippen molar-refractivity contribution in [1.82, 2.24) is 24.4 Å². The van der Waals surface area contributed by atoms with Gasteiger partial charge < -0.3 is 25.4 Å². The number of oxime groups is 1. The van der Waals surface area contributed by atoms with Gasteiger partial charge in [0.1, 0.15) is 6.04 Å². The van der Waals surface area contributed by atoms with Crippen LogP contribution in [0.1, 0.15) is 62.6 Å². The number of rotatable bonds is 17. The maximum absolute atomic E-state index is 14.5. The van der Waals surface area contributed by atoms with Crippen LogP contribution in [0.15, 0.2) is 101 Å². The number of sulfonamides is 1. The van der Waals surface area contributed by atoms with Gasteiger partial charge in [0.15, 0.2) is 0 Å².